The zero-order valence-corrected chi connectivity index (χ0v) is 20.7. The molecule has 3 aliphatic rings. The standard InChI is InChI=1S/C28H36O6/c1-16(2)27-23-14-19(28(30)31)13-20(29)8-9-21(18-6-7-18)26(23)22-12-17(3)24(15-25(22)34-27)33-11-5-10-32-4/h12,14-16,18,21,27H,5-11,13H2,1-4H3,(H,30,31)/b19-14+. The average Bonchev–Trinajstić information content (AvgIpc) is 3.61. The van der Waals surface area contributed by atoms with Crippen molar-refractivity contribution in [3.8, 4) is 11.5 Å². The minimum Gasteiger partial charge on any atom is -0.493 e. The topological polar surface area (TPSA) is 82.1 Å². The fraction of sp³-hybridized carbons (Fsp3) is 0.571. The molecule has 6 nitrogen and oxygen atoms in total. The lowest BCUT2D eigenvalue weighted by Crippen LogP contribution is -2.31. The second-order valence-electron chi connectivity index (χ2n) is 10.1. The number of Topliss-reactive ketones (excluding diaryl/α,β-unsaturated/α-hetero) is 1. The van der Waals surface area contributed by atoms with Gasteiger partial charge in [-0.05, 0) is 72.8 Å². The molecule has 2 unspecified atom stereocenters. The van der Waals surface area contributed by atoms with Crippen LogP contribution in [0, 0.1) is 24.7 Å². The van der Waals surface area contributed by atoms with Crippen molar-refractivity contribution in [3.63, 3.8) is 0 Å². The molecule has 0 aromatic heterocycles. The Labute approximate surface area is 202 Å². The van der Waals surface area contributed by atoms with Gasteiger partial charge in [0.05, 0.1) is 6.61 Å². The van der Waals surface area contributed by atoms with Gasteiger partial charge in [0.2, 0.25) is 0 Å². The van der Waals surface area contributed by atoms with Crippen LogP contribution in [0.1, 0.15) is 63.5 Å². The third kappa shape index (κ3) is 5.22. The molecule has 34 heavy (non-hydrogen) atoms. The van der Waals surface area contributed by atoms with Crippen molar-refractivity contribution in [1.29, 1.82) is 0 Å². The molecule has 6 heteroatoms. The Kier molecular flexibility index (Phi) is 7.46. The van der Waals surface area contributed by atoms with Crippen molar-refractivity contribution < 1.29 is 28.9 Å². The maximum atomic E-state index is 12.6. The smallest absolute Gasteiger partial charge is 0.332 e. The summed E-state index contributed by atoms with van der Waals surface area (Å²) in [5, 5.41) is 9.85. The Balaban J connectivity index is 1.85. The van der Waals surface area contributed by atoms with Crippen LogP contribution in [-0.4, -0.2) is 43.3 Å². The van der Waals surface area contributed by atoms with Gasteiger partial charge >= 0.3 is 5.97 Å². The molecule has 184 valence electrons. The van der Waals surface area contributed by atoms with Crippen LogP contribution >= 0.6 is 0 Å². The molecule has 0 radical (unpaired) electrons. The SMILES string of the molecule is COCCCOc1cc2c(cc1C)C1=C(/C=C(/C(=O)O)CC(=O)CCC1C1CC1)C(C(C)C)O2. The monoisotopic (exact) mass is 468 g/mol. The Bertz CT molecular complexity index is 1010. The van der Waals surface area contributed by atoms with Gasteiger partial charge in [-0.1, -0.05) is 13.8 Å². The lowest BCUT2D eigenvalue weighted by atomic mass is 9.77. The van der Waals surface area contributed by atoms with E-state index in [1.54, 1.807) is 13.2 Å². The summed E-state index contributed by atoms with van der Waals surface area (Å²) in [6, 6.07) is 4.11. The van der Waals surface area contributed by atoms with Crippen LogP contribution in [0.15, 0.2) is 29.4 Å². The number of ether oxygens (including phenoxy) is 3. The molecule has 1 saturated carbocycles. The number of carboxylic acids is 1. The molecular weight excluding hydrogens is 432 g/mol. The number of carbonyl (C=O) groups is 2. The zero-order chi connectivity index (χ0) is 24.4. The largest absolute Gasteiger partial charge is 0.493 e. The van der Waals surface area contributed by atoms with Crippen LogP contribution in [-0.2, 0) is 14.3 Å². The average molecular weight is 469 g/mol. The number of carbonyl (C=O) groups excluding carboxylic acids is 1. The highest BCUT2D eigenvalue weighted by atomic mass is 16.5. The summed E-state index contributed by atoms with van der Waals surface area (Å²) in [6.07, 6.45) is 5.68. The lowest BCUT2D eigenvalue weighted by molar-refractivity contribution is -0.134. The van der Waals surface area contributed by atoms with E-state index in [0.717, 1.165) is 53.9 Å². The van der Waals surface area contributed by atoms with Crippen LogP contribution in [0.2, 0.25) is 0 Å². The predicted molar refractivity (Wildman–Crippen MR) is 130 cm³/mol. The van der Waals surface area contributed by atoms with Gasteiger partial charge in [-0.15, -0.1) is 0 Å². The van der Waals surface area contributed by atoms with E-state index in [4.69, 9.17) is 14.2 Å². The molecule has 4 rings (SSSR count). The minimum absolute atomic E-state index is 0.00243. The normalized spacial score (nSPS) is 24.3. The third-order valence-electron chi connectivity index (χ3n) is 7.08. The highest BCUT2D eigenvalue weighted by Gasteiger charge is 2.41. The molecule has 1 N–H and O–H groups in total. The van der Waals surface area contributed by atoms with Gasteiger partial charge in [0.15, 0.2) is 0 Å². The van der Waals surface area contributed by atoms with E-state index in [-0.39, 0.29) is 35.7 Å². The first-order valence-electron chi connectivity index (χ1n) is 12.4. The van der Waals surface area contributed by atoms with Crippen molar-refractivity contribution in [2.75, 3.05) is 20.3 Å². The van der Waals surface area contributed by atoms with Crippen LogP contribution in [0.5, 0.6) is 11.5 Å². The number of methoxy groups -OCH3 is 1. The van der Waals surface area contributed by atoms with E-state index in [1.807, 2.05) is 13.0 Å². The van der Waals surface area contributed by atoms with Gasteiger partial charge in [0.25, 0.3) is 0 Å². The summed E-state index contributed by atoms with van der Waals surface area (Å²) < 4.78 is 17.7. The number of hydrogen-bond acceptors (Lipinski definition) is 5. The van der Waals surface area contributed by atoms with Gasteiger partial charge < -0.3 is 19.3 Å². The second kappa shape index (κ2) is 10.3. The Hall–Kier alpha value is -2.60. The van der Waals surface area contributed by atoms with Crippen molar-refractivity contribution >= 4 is 17.3 Å². The fourth-order valence-corrected chi connectivity index (χ4v) is 5.20. The molecule has 1 aromatic carbocycles. The predicted octanol–water partition coefficient (Wildman–Crippen LogP) is 5.37. The molecule has 2 atom stereocenters. The molecule has 0 saturated heterocycles. The van der Waals surface area contributed by atoms with Gasteiger partial charge in [-0.2, -0.15) is 0 Å². The molecule has 1 fully saturated rings. The molecule has 1 heterocycles. The number of aliphatic carboxylic acids is 1. The van der Waals surface area contributed by atoms with E-state index < -0.39 is 5.97 Å². The summed E-state index contributed by atoms with van der Waals surface area (Å²) in [5.74, 6) is 1.43. The number of fused-ring (bicyclic) bond motifs is 2. The first kappa shape index (κ1) is 24.5. The van der Waals surface area contributed by atoms with Crippen LogP contribution < -0.4 is 9.47 Å². The minimum atomic E-state index is -1.03. The molecule has 0 spiro atoms. The lowest BCUT2D eigenvalue weighted by Gasteiger charge is -2.36. The number of allylic oxidation sites excluding steroid dienone is 1. The quantitative estimate of drug-likeness (QED) is 0.517. The van der Waals surface area contributed by atoms with Gasteiger partial charge in [0, 0.05) is 50.2 Å². The summed E-state index contributed by atoms with van der Waals surface area (Å²) in [7, 11) is 1.68. The van der Waals surface area contributed by atoms with E-state index >= 15 is 0 Å². The van der Waals surface area contributed by atoms with Gasteiger partial charge in [0.1, 0.15) is 23.4 Å². The molecule has 0 amide bonds. The summed E-state index contributed by atoms with van der Waals surface area (Å²) in [6.45, 7) is 7.42. The number of benzene rings is 1. The maximum absolute atomic E-state index is 12.6. The third-order valence-corrected chi connectivity index (χ3v) is 7.08. The van der Waals surface area contributed by atoms with Crippen molar-refractivity contribution in [2.24, 2.45) is 17.8 Å². The highest BCUT2D eigenvalue weighted by molar-refractivity contribution is 5.96. The van der Waals surface area contributed by atoms with E-state index in [2.05, 4.69) is 19.9 Å². The summed E-state index contributed by atoms with van der Waals surface area (Å²) in [4.78, 5) is 24.7. The van der Waals surface area contributed by atoms with Crippen molar-refractivity contribution in [1.82, 2.24) is 0 Å². The Morgan fingerprint density at radius 2 is 1.97 bits per heavy atom. The second-order valence-corrected chi connectivity index (χ2v) is 10.1. The Morgan fingerprint density at radius 1 is 1.21 bits per heavy atom. The van der Waals surface area contributed by atoms with E-state index in [1.165, 1.54) is 5.57 Å². The number of ketones is 1. The van der Waals surface area contributed by atoms with Gasteiger partial charge in [-0.3, -0.25) is 4.79 Å². The Morgan fingerprint density at radius 3 is 2.62 bits per heavy atom. The van der Waals surface area contributed by atoms with E-state index in [0.29, 0.717) is 25.6 Å². The molecule has 1 aromatic rings. The first-order valence-corrected chi connectivity index (χ1v) is 12.4. The van der Waals surface area contributed by atoms with Crippen LogP contribution in [0.25, 0.3) is 5.57 Å². The molecule has 0 bridgehead atoms. The molecule has 2 aliphatic carbocycles. The van der Waals surface area contributed by atoms with Crippen LogP contribution in [0.4, 0.5) is 0 Å². The first-order chi connectivity index (χ1) is 16.3. The van der Waals surface area contributed by atoms with Crippen molar-refractivity contribution in [3.05, 3.63) is 40.5 Å². The summed E-state index contributed by atoms with van der Waals surface area (Å²) in [5.41, 5.74) is 4.29. The summed E-state index contributed by atoms with van der Waals surface area (Å²) >= 11 is 0. The number of carboxylic acid groups (broad SMARTS) is 1. The van der Waals surface area contributed by atoms with Crippen molar-refractivity contribution in [2.45, 2.75) is 65.4 Å². The fourth-order valence-electron chi connectivity index (χ4n) is 5.20. The van der Waals surface area contributed by atoms with Crippen LogP contribution in [0.3, 0.4) is 0 Å². The number of hydrogen-bond donors (Lipinski definition) is 1. The maximum Gasteiger partial charge on any atom is 0.332 e. The highest BCUT2D eigenvalue weighted by Crippen LogP contribution is 2.53. The number of rotatable bonds is 8. The van der Waals surface area contributed by atoms with E-state index in [9.17, 15) is 14.7 Å². The number of aryl methyl sites for hydroxylation is 1. The molecular formula is C28H36O6. The van der Waals surface area contributed by atoms with Gasteiger partial charge in [-0.25, -0.2) is 4.79 Å². The zero-order valence-electron chi connectivity index (χ0n) is 20.7. The molecule has 1 aliphatic heterocycles.